The summed E-state index contributed by atoms with van der Waals surface area (Å²) in [5.74, 6) is -1.17. The Bertz CT molecular complexity index is 823. The van der Waals surface area contributed by atoms with Gasteiger partial charge in [0.05, 0.1) is 17.2 Å². The topological polar surface area (TPSA) is 97.6 Å². The number of ether oxygens (including phenoxy) is 1. The lowest BCUT2D eigenvalue weighted by Crippen LogP contribution is -2.30. The van der Waals surface area contributed by atoms with Gasteiger partial charge in [-0.05, 0) is 32.0 Å². The number of carbonyl (C=O) groups is 2. The van der Waals surface area contributed by atoms with Crippen LogP contribution in [0.5, 0.6) is 5.75 Å². The van der Waals surface area contributed by atoms with Crippen LogP contribution in [0.15, 0.2) is 29.1 Å². The number of carboxylic acid groups (broad SMARTS) is 1. The van der Waals surface area contributed by atoms with Crippen LogP contribution in [0, 0.1) is 0 Å². The first-order valence-corrected chi connectivity index (χ1v) is 7.11. The second kappa shape index (κ2) is 6.51. The zero-order chi connectivity index (χ0) is 17.1. The highest BCUT2D eigenvalue weighted by Gasteiger charge is 2.16. The maximum absolute atomic E-state index is 12.2. The van der Waals surface area contributed by atoms with Crippen LogP contribution in [-0.2, 0) is 11.3 Å². The van der Waals surface area contributed by atoms with Crippen molar-refractivity contribution in [2.75, 3.05) is 7.05 Å². The van der Waals surface area contributed by atoms with Crippen molar-refractivity contribution < 1.29 is 19.4 Å². The molecule has 0 saturated heterocycles. The van der Waals surface area contributed by atoms with Gasteiger partial charge < -0.3 is 15.2 Å². The predicted octanol–water partition coefficient (Wildman–Crippen LogP) is 1.23. The fraction of sp³-hybridized carbons (Fsp3) is 0.312. The lowest BCUT2D eigenvalue weighted by Gasteiger charge is -2.17. The minimum absolute atomic E-state index is 0.0540. The van der Waals surface area contributed by atoms with E-state index in [2.05, 4.69) is 5.32 Å². The molecule has 1 aromatic heterocycles. The number of benzene rings is 1. The zero-order valence-corrected chi connectivity index (χ0v) is 13.1. The normalized spacial score (nSPS) is 10.8. The zero-order valence-electron chi connectivity index (χ0n) is 13.1. The summed E-state index contributed by atoms with van der Waals surface area (Å²) in [4.78, 5) is 35.1. The third-order valence-corrected chi connectivity index (χ3v) is 3.24. The Hall–Kier alpha value is -2.83. The largest absolute Gasteiger partial charge is 0.489 e. The number of pyridine rings is 1. The van der Waals surface area contributed by atoms with Crippen molar-refractivity contribution in [3.8, 4) is 5.75 Å². The fourth-order valence-electron chi connectivity index (χ4n) is 2.25. The first-order chi connectivity index (χ1) is 10.8. The van der Waals surface area contributed by atoms with Crippen LogP contribution in [0.2, 0.25) is 0 Å². The van der Waals surface area contributed by atoms with Gasteiger partial charge in [0.1, 0.15) is 12.3 Å². The van der Waals surface area contributed by atoms with E-state index in [1.54, 1.807) is 13.8 Å². The summed E-state index contributed by atoms with van der Waals surface area (Å²) in [5, 5.41) is 12.2. The molecule has 1 heterocycles. The minimum atomic E-state index is -1.09. The molecule has 1 amide bonds. The van der Waals surface area contributed by atoms with Crippen LogP contribution in [-0.4, -0.2) is 34.7 Å². The molecule has 7 heteroatoms. The number of amides is 1. The van der Waals surface area contributed by atoms with E-state index in [0.717, 1.165) is 0 Å². The molecular formula is C16H18N2O5. The van der Waals surface area contributed by atoms with Crippen LogP contribution in [0.25, 0.3) is 10.9 Å². The van der Waals surface area contributed by atoms with Gasteiger partial charge in [-0.3, -0.25) is 14.2 Å². The van der Waals surface area contributed by atoms with Gasteiger partial charge in [0.2, 0.25) is 5.91 Å². The van der Waals surface area contributed by atoms with E-state index >= 15 is 0 Å². The highest BCUT2D eigenvalue weighted by Crippen LogP contribution is 2.28. The molecule has 7 nitrogen and oxygen atoms in total. The first-order valence-electron chi connectivity index (χ1n) is 7.11. The summed E-state index contributed by atoms with van der Waals surface area (Å²) >= 11 is 0. The van der Waals surface area contributed by atoms with E-state index < -0.39 is 5.97 Å². The third-order valence-electron chi connectivity index (χ3n) is 3.24. The molecule has 1 aromatic carbocycles. The molecule has 0 aliphatic heterocycles. The lowest BCUT2D eigenvalue weighted by molar-refractivity contribution is -0.121. The molecule has 0 aliphatic carbocycles. The molecule has 0 fully saturated rings. The second-order valence-corrected chi connectivity index (χ2v) is 5.31. The van der Waals surface area contributed by atoms with Crippen LogP contribution in [0.4, 0.5) is 0 Å². The van der Waals surface area contributed by atoms with Crippen molar-refractivity contribution in [3.05, 3.63) is 40.2 Å². The lowest BCUT2D eigenvalue weighted by atomic mass is 10.1. The molecule has 0 saturated carbocycles. The van der Waals surface area contributed by atoms with Gasteiger partial charge in [0.25, 0.3) is 5.56 Å². The summed E-state index contributed by atoms with van der Waals surface area (Å²) in [6, 6.07) is 5.64. The molecule has 2 aromatic rings. The van der Waals surface area contributed by atoms with E-state index in [0.29, 0.717) is 10.9 Å². The predicted molar refractivity (Wildman–Crippen MR) is 85.0 cm³/mol. The standard InChI is InChI=1S/C16H18N2O5/c1-9(2)23-12-7-11(16(21)22)6-10-4-5-14(20)18(15(10)12)8-13(19)17-3/h4-7,9H,8H2,1-3H3,(H,17,19)(H,21,22). The Labute approximate surface area is 132 Å². The van der Waals surface area contributed by atoms with E-state index in [-0.39, 0.29) is 35.4 Å². The number of hydrogen-bond donors (Lipinski definition) is 2. The molecule has 2 N–H and O–H groups in total. The monoisotopic (exact) mass is 318 g/mol. The maximum atomic E-state index is 12.2. The Morgan fingerprint density at radius 3 is 2.57 bits per heavy atom. The van der Waals surface area contributed by atoms with Gasteiger partial charge in [0, 0.05) is 18.5 Å². The van der Waals surface area contributed by atoms with Crippen LogP contribution in [0.3, 0.4) is 0 Å². The molecule has 0 aliphatic rings. The number of nitrogens with one attached hydrogen (secondary N) is 1. The van der Waals surface area contributed by atoms with Crippen molar-refractivity contribution >= 4 is 22.8 Å². The van der Waals surface area contributed by atoms with Crippen LogP contribution < -0.4 is 15.6 Å². The van der Waals surface area contributed by atoms with Gasteiger partial charge in [0.15, 0.2) is 0 Å². The van der Waals surface area contributed by atoms with Crippen molar-refractivity contribution in [1.29, 1.82) is 0 Å². The number of fused-ring (bicyclic) bond motifs is 1. The second-order valence-electron chi connectivity index (χ2n) is 5.31. The third kappa shape index (κ3) is 3.50. The molecule has 122 valence electrons. The van der Waals surface area contributed by atoms with Crippen molar-refractivity contribution in [3.63, 3.8) is 0 Å². The number of rotatable bonds is 5. The average molecular weight is 318 g/mol. The van der Waals surface area contributed by atoms with Gasteiger partial charge in [-0.2, -0.15) is 0 Å². The highest BCUT2D eigenvalue weighted by molar-refractivity contribution is 5.96. The SMILES string of the molecule is CNC(=O)Cn1c(=O)ccc2cc(C(=O)O)cc(OC(C)C)c21. The average Bonchev–Trinajstić information content (AvgIpc) is 2.48. The Kier molecular flexibility index (Phi) is 4.68. The van der Waals surface area contributed by atoms with Gasteiger partial charge in [-0.1, -0.05) is 0 Å². The molecule has 2 rings (SSSR count). The van der Waals surface area contributed by atoms with Crippen molar-refractivity contribution in [2.45, 2.75) is 26.5 Å². The number of nitrogens with zero attached hydrogens (tertiary/aromatic N) is 1. The van der Waals surface area contributed by atoms with Crippen LogP contribution in [0.1, 0.15) is 24.2 Å². The summed E-state index contributed by atoms with van der Waals surface area (Å²) in [6.45, 7) is 3.42. The molecule has 0 spiro atoms. The fourth-order valence-corrected chi connectivity index (χ4v) is 2.25. The number of aromatic nitrogens is 1. The molecule has 0 bridgehead atoms. The maximum Gasteiger partial charge on any atom is 0.335 e. The Balaban J connectivity index is 2.79. The van der Waals surface area contributed by atoms with Crippen LogP contribution >= 0.6 is 0 Å². The summed E-state index contributed by atoms with van der Waals surface area (Å²) < 4.78 is 6.95. The van der Waals surface area contributed by atoms with Crippen molar-refractivity contribution in [1.82, 2.24) is 9.88 Å². The van der Waals surface area contributed by atoms with Gasteiger partial charge in [-0.25, -0.2) is 4.79 Å². The van der Waals surface area contributed by atoms with E-state index in [1.165, 1.54) is 35.9 Å². The highest BCUT2D eigenvalue weighted by atomic mass is 16.5. The number of carbonyl (C=O) groups excluding carboxylic acids is 1. The number of likely N-dealkylation sites (N-methyl/N-ethyl adjacent to an activating group) is 1. The van der Waals surface area contributed by atoms with E-state index in [4.69, 9.17) is 4.74 Å². The summed E-state index contributed by atoms with van der Waals surface area (Å²) in [7, 11) is 1.48. The summed E-state index contributed by atoms with van der Waals surface area (Å²) in [5.41, 5.74) is 0.0934. The molecule has 0 radical (unpaired) electrons. The van der Waals surface area contributed by atoms with E-state index in [9.17, 15) is 19.5 Å². The smallest absolute Gasteiger partial charge is 0.335 e. The number of carboxylic acids is 1. The Morgan fingerprint density at radius 1 is 1.30 bits per heavy atom. The quantitative estimate of drug-likeness (QED) is 0.864. The van der Waals surface area contributed by atoms with Gasteiger partial charge >= 0.3 is 5.97 Å². The molecule has 23 heavy (non-hydrogen) atoms. The Morgan fingerprint density at radius 2 is 2.00 bits per heavy atom. The number of hydrogen-bond acceptors (Lipinski definition) is 4. The van der Waals surface area contributed by atoms with E-state index in [1.807, 2.05) is 0 Å². The molecule has 0 atom stereocenters. The number of aromatic carboxylic acids is 1. The van der Waals surface area contributed by atoms with Crippen molar-refractivity contribution in [2.24, 2.45) is 0 Å². The first kappa shape index (κ1) is 16.5. The summed E-state index contributed by atoms with van der Waals surface area (Å²) in [6.07, 6.45) is -0.217. The molecular weight excluding hydrogens is 300 g/mol. The minimum Gasteiger partial charge on any atom is -0.489 e. The van der Waals surface area contributed by atoms with Gasteiger partial charge in [-0.15, -0.1) is 0 Å². The molecule has 0 unspecified atom stereocenters.